The molecular formula is C20H23N3O2. The Balaban J connectivity index is 2.30. The zero-order valence-corrected chi connectivity index (χ0v) is 14.9. The minimum absolute atomic E-state index is 0.0361. The Labute approximate surface area is 148 Å². The van der Waals surface area contributed by atoms with E-state index in [1.54, 1.807) is 35.0 Å². The maximum Gasteiger partial charge on any atom is 0.252 e. The number of aromatic nitrogens is 1. The molecule has 0 fully saturated rings. The summed E-state index contributed by atoms with van der Waals surface area (Å²) >= 11 is 0. The second-order valence-corrected chi connectivity index (χ2v) is 6.20. The van der Waals surface area contributed by atoms with Crippen molar-refractivity contribution < 1.29 is 4.79 Å². The van der Waals surface area contributed by atoms with Crippen LogP contribution in [-0.4, -0.2) is 29.3 Å². The predicted molar refractivity (Wildman–Crippen MR) is 97.5 cm³/mol. The van der Waals surface area contributed by atoms with E-state index >= 15 is 0 Å². The van der Waals surface area contributed by atoms with E-state index in [0.717, 1.165) is 12.0 Å². The smallest absolute Gasteiger partial charge is 0.252 e. The molecule has 1 aromatic heterocycles. The number of carbonyl (C=O) groups excluding carboxylic acids is 1. The lowest BCUT2D eigenvalue weighted by atomic mass is 10.0. The topological polar surface area (TPSA) is 66.1 Å². The van der Waals surface area contributed by atoms with Crippen LogP contribution in [0.1, 0.15) is 47.4 Å². The first-order valence-corrected chi connectivity index (χ1v) is 8.37. The van der Waals surface area contributed by atoms with Crippen molar-refractivity contribution in [3.05, 3.63) is 69.6 Å². The summed E-state index contributed by atoms with van der Waals surface area (Å²) < 4.78 is 1.64. The Morgan fingerprint density at radius 2 is 1.96 bits per heavy atom. The molecule has 1 aromatic carbocycles. The number of nitriles is 1. The summed E-state index contributed by atoms with van der Waals surface area (Å²) in [6, 6.07) is 12.4. The van der Waals surface area contributed by atoms with Crippen molar-refractivity contribution in [2.24, 2.45) is 0 Å². The number of carbonyl (C=O) groups is 1. The van der Waals surface area contributed by atoms with Gasteiger partial charge in [-0.05, 0) is 44.6 Å². The molecule has 5 nitrogen and oxygen atoms in total. The zero-order chi connectivity index (χ0) is 18.4. The fourth-order valence-electron chi connectivity index (χ4n) is 2.92. The summed E-state index contributed by atoms with van der Waals surface area (Å²) in [4.78, 5) is 27.1. The van der Waals surface area contributed by atoms with Crippen molar-refractivity contribution >= 4 is 5.78 Å². The van der Waals surface area contributed by atoms with E-state index in [1.165, 1.54) is 6.07 Å². The molecule has 0 radical (unpaired) electrons. The number of aryl methyl sites for hydroxylation is 1. The third-order valence-corrected chi connectivity index (χ3v) is 4.21. The minimum atomic E-state index is -0.188. The highest BCUT2D eigenvalue weighted by molar-refractivity contribution is 6.08. The maximum absolute atomic E-state index is 12.7. The van der Waals surface area contributed by atoms with E-state index in [1.807, 2.05) is 32.0 Å². The second-order valence-electron chi connectivity index (χ2n) is 6.20. The van der Waals surface area contributed by atoms with Gasteiger partial charge in [0.05, 0.1) is 12.2 Å². The number of benzene rings is 1. The van der Waals surface area contributed by atoms with Crippen LogP contribution in [0.25, 0.3) is 0 Å². The molecule has 0 saturated carbocycles. The third kappa shape index (κ3) is 4.43. The zero-order valence-electron chi connectivity index (χ0n) is 14.9. The Kier molecular flexibility index (Phi) is 6.26. The van der Waals surface area contributed by atoms with Gasteiger partial charge in [0.15, 0.2) is 5.78 Å². The molecule has 25 heavy (non-hydrogen) atoms. The number of ketones is 1. The molecular weight excluding hydrogens is 314 g/mol. The van der Waals surface area contributed by atoms with Crippen LogP contribution in [0, 0.1) is 11.3 Å². The molecule has 1 atom stereocenters. The van der Waals surface area contributed by atoms with E-state index < -0.39 is 0 Å². The number of hydrogen-bond acceptors (Lipinski definition) is 4. The molecule has 0 aliphatic carbocycles. The second kappa shape index (κ2) is 8.41. The SMILES string of the molecule is CCC(N(C)C)n1ccc(C(=O)c2cccc(CCC#N)c2)cc1=O. The molecule has 0 saturated heterocycles. The largest absolute Gasteiger partial charge is 0.299 e. The van der Waals surface area contributed by atoms with Crippen molar-refractivity contribution in [2.45, 2.75) is 32.4 Å². The van der Waals surface area contributed by atoms with E-state index in [0.29, 0.717) is 24.0 Å². The van der Waals surface area contributed by atoms with Gasteiger partial charge in [0.2, 0.25) is 0 Å². The molecule has 0 spiro atoms. The summed E-state index contributed by atoms with van der Waals surface area (Å²) in [5, 5.41) is 8.69. The van der Waals surface area contributed by atoms with Crippen LogP contribution in [0.3, 0.4) is 0 Å². The van der Waals surface area contributed by atoms with Gasteiger partial charge in [-0.3, -0.25) is 19.1 Å². The fourth-order valence-corrected chi connectivity index (χ4v) is 2.92. The van der Waals surface area contributed by atoms with Gasteiger partial charge in [0.1, 0.15) is 0 Å². The van der Waals surface area contributed by atoms with Gasteiger partial charge in [0, 0.05) is 29.8 Å². The average molecular weight is 337 g/mol. The van der Waals surface area contributed by atoms with Crippen molar-refractivity contribution in [1.82, 2.24) is 9.47 Å². The predicted octanol–water partition coefficient (Wildman–Crippen LogP) is 3.01. The first-order valence-electron chi connectivity index (χ1n) is 8.37. The van der Waals surface area contributed by atoms with Gasteiger partial charge in [-0.1, -0.05) is 25.1 Å². The number of pyridine rings is 1. The monoisotopic (exact) mass is 337 g/mol. The molecule has 130 valence electrons. The van der Waals surface area contributed by atoms with E-state index in [2.05, 4.69) is 6.07 Å². The molecule has 2 aromatic rings. The summed E-state index contributed by atoms with van der Waals surface area (Å²) in [5.74, 6) is -0.180. The quantitative estimate of drug-likeness (QED) is 0.729. The van der Waals surface area contributed by atoms with Crippen LogP contribution < -0.4 is 5.56 Å². The lowest BCUT2D eigenvalue weighted by molar-refractivity contribution is 0.103. The first-order chi connectivity index (χ1) is 12.0. The third-order valence-electron chi connectivity index (χ3n) is 4.21. The molecule has 1 unspecified atom stereocenters. The van der Waals surface area contributed by atoms with Crippen LogP contribution in [0.15, 0.2) is 47.4 Å². The highest BCUT2D eigenvalue weighted by atomic mass is 16.1. The molecule has 2 rings (SSSR count). The lowest BCUT2D eigenvalue weighted by Gasteiger charge is -2.25. The number of nitrogens with zero attached hydrogens (tertiary/aromatic N) is 3. The van der Waals surface area contributed by atoms with Crippen molar-refractivity contribution in [3.63, 3.8) is 0 Å². The normalized spacial score (nSPS) is 12.0. The van der Waals surface area contributed by atoms with Gasteiger partial charge in [-0.15, -0.1) is 0 Å². The fraction of sp³-hybridized carbons (Fsp3) is 0.350. The van der Waals surface area contributed by atoms with Crippen LogP contribution in [0.2, 0.25) is 0 Å². The molecule has 0 aliphatic heterocycles. The number of rotatable bonds is 7. The Hall–Kier alpha value is -2.71. The molecule has 5 heteroatoms. The first kappa shape index (κ1) is 18.6. The Morgan fingerprint density at radius 3 is 2.56 bits per heavy atom. The van der Waals surface area contributed by atoms with Gasteiger partial charge in [-0.25, -0.2) is 0 Å². The van der Waals surface area contributed by atoms with Crippen molar-refractivity contribution in [2.75, 3.05) is 14.1 Å². The average Bonchev–Trinajstić information content (AvgIpc) is 2.61. The Morgan fingerprint density at radius 1 is 1.24 bits per heavy atom. The van der Waals surface area contributed by atoms with E-state index in [9.17, 15) is 9.59 Å². The molecule has 0 N–H and O–H groups in total. The maximum atomic E-state index is 12.7. The van der Waals surface area contributed by atoms with Crippen LogP contribution >= 0.6 is 0 Å². The van der Waals surface area contributed by atoms with Gasteiger partial charge >= 0.3 is 0 Å². The Bertz CT molecular complexity index is 847. The molecule has 0 aliphatic rings. The van der Waals surface area contributed by atoms with Crippen molar-refractivity contribution in [1.29, 1.82) is 5.26 Å². The standard InChI is InChI=1S/C20H23N3O2/c1-4-18(22(2)3)23-12-10-17(14-19(23)24)20(25)16-9-5-7-15(13-16)8-6-11-21/h5,7,9-10,12-14,18H,4,6,8H2,1-3H3. The highest BCUT2D eigenvalue weighted by Gasteiger charge is 2.15. The van der Waals surface area contributed by atoms with E-state index in [-0.39, 0.29) is 17.5 Å². The minimum Gasteiger partial charge on any atom is -0.299 e. The highest BCUT2D eigenvalue weighted by Crippen LogP contribution is 2.15. The van der Waals surface area contributed by atoms with Crippen LogP contribution in [0.4, 0.5) is 0 Å². The molecule has 1 heterocycles. The molecule has 0 bridgehead atoms. The number of hydrogen-bond donors (Lipinski definition) is 0. The van der Waals surface area contributed by atoms with E-state index in [4.69, 9.17) is 5.26 Å². The lowest BCUT2D eigenvalue weighted by Crippen LogP contribution is -2.33. The molecule has 0 amide bonds. The summed E-state index contributed by atoms with van der Waals surface area (Å²) in [5.41, 5.74) is 1.67. The van der Waals surface area contributed by atoms with Gasteiger partial charge in [-0.2, -0.15) is 5.26 Å². The van der Waals surface area contributed by atoms with Crippen LogP contribution in [-0.2, 0) is 6.42 Å². The summed E-state index contributed by atoms with van der Waals surface area (Å²) in [6.45, 7) is 2.02. The summed E-state index contributed by atoms with van der Waals surface area (Å²) in [7, 11) is 3.85. The van der Waals surface area contributed by atoms with Crippen LogP contribution in [0.5, 0.6) is 0 Å². The summed E-state index contributed by atoms with van der Waals surface area (Å²) in [6.07, 6.45) is 3.47. The van der Waals surface area contributed by atoms with Crippen molar-refractivity contribution in [3.8, 4) is 6.07 Å². The van der Waals surface area contributed by atoms with Gasteiger partial charge in [0.25, 0.3) is 5.56 Å². The van der Waals surface area contributed by atoms with Gasteiger partial charge < -0.3 is 0 Å².